The summed E-state index contributed by atoms with van der Waals surface area (Å²) in [7, 11) is -3.99. The number of carboxylic acids is 2. The Morgan fingerprint density at radius 2 is 1.41 bits per heavy atom. The van der Waals surface area contributed by atoms with Gasteiger partial charge in [0, 0.05) is 56.9 Å². The van der Waals surface area contributed by atoms with E-state index < -0.39 is 107 Å². The third-order valence-corrected chi connectivity index (χ3v) is 12.3. The van der Waals surface area contributed by atoms with Gasteiger partial charge in [-0.3, -0.25) is 28.8 Å². The quantitative estimate of drug-likeness (QED) is 0.0408. The number of fused-ring (bicyclic) bond motifs is 1. The number of nitrogens with zero attached hydrogens (tertiary/aromatic N) is 1. The number of amides is 5. The van der Waals surface area contributed by atoms with Crippen LogP contribution in [0.2, 0.25) is 0 Å². The standard InChI is InChI=1S/C49H52F2N6O11S/c1-31(58)54-42(28-45(60)61)48(64)57(30-36-27-37(50)20-21-39(36)51)24-22-44(59)55-40(18-7-8-23-53-69(67,68)43-19-10-15-34-14-5-6-17-38(34)43)47(63)56-41(26-32-11-3-2-4-12-32)46(62)52-29-33-13-9-16-35(25-33)49(65)66/h2-6,9-17,19-21,25,27,40-42,53H,7-8,18,22-24,26,28-30H2,1H3,(H,52,62)(H,54,58)(H,55,59)(H,56,63)(H,60,61)(H,65,66)/t40-,41+,42+/m1/s1. The van der Waals surface area contributed by atoms with Gasteiger partial charge in [0.25, 0.3) is 0 Å². The van der Waals surface area contributed by atoms with E-state index in [0.29, 0.717) is 16.5 Å². The van der Waals surface area contributed by atoms with Gasteiger partial charge < -0.3 is 36.4 Å². The van der Waals surface area contributed by atoms with Crippen molar-refractivity contribution in [3.8, 4) is 0 Å². The fourth-order valence-corrected chi connectivity index (χ4v) is 8.70. The number of halogens is 2. The molecular formula is C49H52F2N6O11S. The molecule has 7 N–H and O–H groups in total. The van der Waals surface area contributed by atoms with E-state index in [1.807, 2.05) is 0 Å². The van der Waals surface area contributed by atoms with Gasteiger partial charge in [-0.15, -0.1) is 0 Å². The van der Waals surface area contributed by atoms with Crippen LogP contribution in [-0.2, 0) is 58.3 Å². The van der Waals surface area contributed by atoms with Crippen LogP contribution in [0.4, 0.5) is 8.78 Å². The highest BCUT2D eigenvalue weighted by molar-refractivity contribution is 7.89. The number of hydrogen-bond acceptors (Lipinski definition) is 9. The Labute approximate surface area is 396 Å². The summed E-state index contributed by atoms with van der Waals surface area (Å²) in [5, 5.41) is 30.4. The van der Waals surface area contributed by atoms with Crippen molar-refractivity contribution in [2.75, 3.05) is 13.1 Å². The zero-order valence-electron chi connectivity index (χ0n) is 37.5. The van der Waals surface area contributed by atoms with Crippen molar-refractivity contribution < 1.29 is 61.0 Å². The first-order valence-corrected chi connectivity index (χ1v) is 23.3. The predicted molar refractivity (Wildman–Crippen MR) is 248 cm³/mol. The second kappa shape index (κ2) is 25.0. The summed E-state index contributed by atoms with van der Waals surface area (Å²) < 4.78 is 58.4. The van der Waals surface area contributed by atoms with E-state index in [1.54, 1.807) is 72.8 Å². The fraction of sp³-hybridized carbons (Fsp3) is 0.286. The molecule has 5 amide bonds. The van der Waals surface area contributed by atoms with E-state index in [-0.39, 0.29) is 54.8 Å². The Bertz CT molecular complexity index is 2760. The van der Waals surface area contributed by atoms with Crippen molar-refractivity contribution in [3.63, 3.8) is 0 Å². The lowest BCUT2D eigenvalue weighted by Crippen LogP contribution is -2.54. The van der Waals surface area contributed by atoms with Crippen LogP contribution >= 0.6 is 0 Å². The van der Waals surface area contributed by atoms with E-state index in [0.717, 1.165) is 35.4 Å². The Morgan fingerprint density at radius 1 is 0.710 bits per heavy atom. The lowest BCUT2D eigenvalue weighted by Gasteiger charge is -2.28. The molecule has 0 aliphatic heterocycles. The number of sulfonamides is 1. The molecule has 0 aliphatic carbocycles. The van der Waals surface area contributed by atoms with Gasteiger partial charge in [0.15, 0.2) is 0 Å². The highest BCUT2D eigenvalue weighted by atomic mass is 32.2. The van der Waals surface area contributed by atoms with E-state index in [4.69, 9.17) is 0 Å². The van der Waals surface area contributed by atoms with Crippen LogP contribution in [0, 0.1) is 11.6 Å². The summed E-state index contributed by atoms with van der Waals surface area (Å²) >= 11 is 0. The van der Waals surface area contributed by atoms with Crippen molar-refractivity contribution in [3.05, 3.63) is 149 Å². The molecule has 0 aromatic heterocycles. The fourth-order valence-electron chi connectivity index (χ4n) is 7.40. The summed E-state index contributed by atoms with van der Waals surface area (Å²) in [4.78, 5) is 91.7. The minimum Gasteiger partial charge on any atom is -0.481 e. The number of aromatic carboxylic acids is 1. The summed E-state index contributed by atoms with van der Waals surface area (Å²) in [6.07, 6.45) is -1.20. The molecule has 0 saturated carbocycles. The first-order valence-electron chi connectivity index (χ1n) is 21.8. The number of aliphatic carboxylic acids is 1. The molecule has 0 unspecified atom stereocenters. The van der Waals surface area contributed by atoms with Gasteiger partial charge >= 0.3 is 11.9 Å². The molecule has 5 rings (SSSR count). The van der Waals surface area contributed by atoms with Crippen molar-refractivity contribution in [2.45, 2.75) is 81.6 Å². The monoisotopic (exact) mass is 970 g/mol. The van der Waals surface area contributed by atoms with Crippen LogP contribution in [0.3, 0.4) is 0 Å². The van der Waals surface area contributed by atoms with Crippen molar-refractivity contribution in [2.24, 2.45) is 0 Å². The molecule has 0 heterocycles. The first kappa shape index (κ1) is 52.4. The molecule has 0 bridgehead atoms. The van der Waals surface area contributed by atoms with E-state index in [9.17, 15) is 61.0 Å². The van der Waals surface area contributed by atoms with Crippen molar-refractivity contribution in [1.29, 1.82) is 0 Å². The molecule has 364 valence electrons. The van der Waals surface area contributed by atoms with Gasteiger partial charge in [0.05, 0.1) is 16.9 Å². The molecule has 5 aromatic rings. The van der Waals surface area contributed by atoms with Crippen LogP contribution in [0.5, 0.6) is 0 Å². The van der Waals surface area contributed by atoms with Gasteiger partial charge in [-0.1, -0.05) is 78.9 Å². The van der Waals surface area contributed by atoms with Gasteiger partial charge in [-0.05, 0) is 72.2 Å². The Morgan fingerprint density at radius 3 is 2.13 bits per heavy atom. The largest absolute Gasteiger partial charge is 0.481 e. The van der Waals surface area contributed by atoms with Crippen molar-refractivity contribution >= 4 is 62.3 Å². The Hall–Kier alpha value is -7.58. The normalized spacial score (nSPS) is 12.5. The molecule has 3 atom stereocenters. The SMILES string of the molecule is CC(=O)N[C@@H](CC(=O)O)C(=O)N(CCC(=O)N[C@H](CCCCNS(=O)(=O)c1cccc2ccccc12)C(=O)N[C@@H](Cc1ccccc1)C(=O)NCc1cccc(C(=O)O)c1)Cc1cc(F)ccc1F. The average Bonchev–Trinajstić information content (AvgIpc) is 3.31. The van der Waals surface area contributed by atoms with E-state index >= 15 is 0 Å². The predicted octanol–water partition coefficient (Wildman–Crippen LogP) is 4.19. The second-order valence-electron chi connectivity index (χ2n) is 16.1. The molecule has 0 aliphatic rings. The van der Waals surface area contributed by atoms with Crippen molar-refractivity contribution in [1.82, 2.24) is 30.9 Å². The molecule has 17 nitrogen and oxygen atoms in total. The maximum atomic E-state index is 14.9. The maximum Gasteiger partial charge on any atom is 0.335 e. The number of benzene rings is 5. The molecule has 0 spiro atoms. The lowest BCUT2D eigenvalue weighted by atomic mass is 10.0. The number of hydrogen-bond donors (Lipinski definition) is 7. The smallest absolute Gasteiger partial charge is 0.335 e. The molecule has 0 saturated heterocycles. The zero-order chi connectivity index (χ0) is 50.1. The number of nitrogens with one attached hydrogen (secondary N) is 5. The Kier molecular flexibility index (Phi) is 19.0. The number of unbranched alkanes of at least 4 members (excludes halogenated alkanes) is 1. The highest BCUT2D eigenvalue weighted by Gasteiger charge is 2.31. The highest BCUT2D eigenvalue weighted by Crippen LogP contribution is 2.23. The van der Waals surface area contributed by atoms with Crippen LogP contribution in [-0.4, -0.2) is 96.2 Å². The molecular weight excluding hydrogens is 919 g/mol. The molecule has 5 aromatic carbocycles. The minimum absolute atomic E-state index is 0.00255. The number of carbonyl (C=O) groups is 7. The minimum atomic E-state index is -3.99. The van der Waals surface area contributed by atoms with Gasteiger partial charge in [-0.25, -0.2) is 26.7 Å². The molecule has 0 fully saturated rings. The lowest BCUT2D eigenvalue weighted by molar-refractivity contribution is -0.144. The molecule has 69 heavy (non-hydrogen) atoms. The summed E-state index contributed by atoms with van der Waals surface area (Å²) in [6.45, 7) is -0.273. The number of rotatable bonds is 25. The molecule has 0 radical (unpaired) electrons. The second-order valence-corrected chi connectivity index (χ2v) is 17.8. The topological polar surface area (TPSA) is 257 Å². The maximum absolute atomic E-state index is 14.9. The number of carboxylic acid groups (broad SMARTS) is 2. The summed E-state index contributed by atoms with van der Waals surface area (Å²) in [6, 6.07) is 24.7. The third kappa shape index (κ3) is 16.0. The van der Waals surface area contributed by atoms with Gasteiger partial charge in [-0.2, -0.15) is 0 Å². The average molecular weight is 971 g/mol. The summed E-state index contributed by atoms with van der Waals surface area (Å²) in [5.41, 5.74) is 0.807. The zero-order valence-corrected chi connectivity index (χ0v) is 38.3. The van der Waals surface area contributed by atoms with E-state index in [1.165, 1.54) is 24.3 Å². The number of carbonyl (C=O) groups excluding carboxylic acids is 5. The van der Waals surface area contributed by atoms with Crippen LogP contribution in [0.1, 0.15) is 66.1 Å². The van der Waals surface area contributed by atoms with Crippen LogP contribution < -0.4 is 26.0 Å². The Balaban J connectivity index is 1.36. The third-order valence-electron chi connectivity index (χ3n) is 10.8. The van der Waals surface area contributed by atoms with Crippen LogP contribution in [0.15, 0.2) is 120 Å². The van der Waals surface area contributed by atoms with Gasteiger partial charge in [0.1, 0.15) is 29.8 Å². The van der Waals surface area contributed by atoms with Crippen LogP contribution in [0.25, 0.3) is 10.8 Å². The first-order chi connectivity index (χ1) is 32.9. The summed E-state index contributed by atoms with van der Waals surface area (Å²) in [5.74, 6) is -8.45. The molecule has 20 heteroatoms. The van der Waals surface area contributed by atoms with Gasteiger partial charge in [0.2, 0.25) is 39.6 Å². The van der Waals surface area contributed by atoms with E-state index in [2.05, 4.69) is 26.0 Å².